The minimum Gasteiger partial charge on any atom is -0.508 e. The van der Waals surface area contributed by atoms with Crippen molar-refractivity contribution in [3.8, 4) is 5.75 Å². The van der Waals surface area contributed by atoms with Gasteiger partial charge < -0.3 is 15.7 Å². The number of nitrogens with one attached hydrogen (secondary N) is 2. The Morgan fingerprint density at radius 2 is 1.70 bits per heavy atom. The van der Waals surface area contributed by atoms with Crippen LogP contribution >= 0.6 is 11.6 Å². The standard InChI is InChI=1S/C18H21ClN2O2/c19-16-5-1-3-15(13-16)10-12-21-18(23)20-11-2-4-14-6-8-17(22)9-7-14/h1,3,5-9,13,22H,2,4,10-12H2,(H2,20,21,23). The molecule has 5 heteroatoms. The normalized spacial score (nSPS) is 10.3. The van der Waals surface area contributed by atoms with Gasteiger partial charge in [-0.2, -0.15) is 0 Å². The van der Waals surface area contributed by atoms with Gasteiger partial charge in [-0.25, -0.2) is 4.79 Å². The van der Waals surface area contributed by atoms with Gasteiger partial charge in [0.15, 0.2) is 0 Å². The maximum absolute atomic E-state index is 11.7. The van der Waals surface area contributed by atoms with Crippen LogP contribution in [0.1, 0.15) is 17.5 Å². The van der Waals surface area contributed by atoms with E-state index in [9.17, 15) is 9.90 Å². The number of halogens is 1. The van der Waals surface area contributed by atoms with Crippen molar-refractivity contribution in [2.75, 3.05) is 13.1 Å². The summed E-state index contributed by atoms with van der Waals surface area (Å²) in [6.45, 7) is 1.19. The van der Waals surface area contributed by atoms with Crippen molar-refractivity contribution in [1.82, 2.24) is 10.6 Å². The highest BCUT2D eigenvalue weighted by molar-refractivity contribution is 6.30. The van der Waals surface area contributed by atoms with Gasteiger partial charge >= 0.3 is 6.03 Å². The van der Waals surface area contributed by atoms with E-state index < -0.39 is 0 Å². The maximum atomic E-state index is 11.7. The molecular weight excluding hydrogens is 312 g/mol. The summed E-state index contributed by atoms with van der Waals surface area (Å²) in [6, 6.07) is 14.6. The van der Waals surface area contributed by atoms with Gasteiger partial charge in [0, 0.05) is 18.1 Å². The summed E-state index contributed by atoms with van der Waals surface area (Å²) in [7, 11) is 0. The summed E-state index contributed by atoms with van der Waals surface area (Å²) < 4.78 is 0. The fraction of sp³-hybridized carbons (Fsp3) is 0.278. The monoisotopic (exact) mass is 332 g/mol. The molecule has 4 nitrogen and oxygen atoms in total. The maximum Gasteiger partial charge on any atom is 0.314 e. The van der Waals surface area contributed by atoms with E-state index in [1.165, 1.54) is 0 Å². The van der Waals surface area contributed by atoms with Crippen LogP contribution in [0.2, 0.25) is 5.02 Å². The average Bonchev–Trinajstić information content (AvgIpc) is 2.53. The molecule has 0 unspecified atom stereocenters. The molecular formula is C18H21ClN2O2. The lowest BCUT2D eigenvalue weighted by Gasteiger charge is -2.08. The van der Waals surface area contributed by atoms with Gasteiger partial charge in [0.25, 0.3) is 0 Å². The Morgan fingerprint density at radius 1 is 0.957 bits per heavy atom. The second-order valence-electron chi connectivity index (χ2n) is 5.33. The number of phenols is 1. The number of aromatic hydroxyl groups is 1. The molecule has 0 aliphatic rings. The van der Waals surface area contributed by atoms with Gasteiger partial charge in [0.05, 0.1) is 0 Å². The highest BCUT2D eigenvalue weighted by atomic mass is 35.5. The van der Waals surface area contributed by atoms with E-state index in [2.05, 4.69) is 10.6 Å². The SMILES string of the molecule is O=C(NCCCc1ccc(O)cc1)NCCc1cccc(Cl)c1. The van der Waals surface area contributed by atoms with E-state index >= 15 is 0 Å². The summed E-state index contributed by atoms with van der Waals surface area (Å²) in [4.78, 5) is 11.7. The first kappa shape index (κ1) is 17.2. The summed E-state index contributed by atoms with van der Waals surface area (Å²) in [5, 5.41) is 15.6. The first-order valence-electron chi connectivity index (χ1n) is 7.67. The number of phenolic OH excluding ortho intramolecular Hbond substituents is 1. The van der Waals surface area contributed by atoms with Crippen molar-refractivity contribution < 1.29 is 9.90 Å². The fourth-order valence-corrected chi connectivity index (χ4v) is 2.45. The van der Waals surface area contributed by atoms with Crippen LogP contribution in [0.15, 0.2) is 48.5 Å². The number of carbonyl (C=O) groups excluding carboxylic acids is 1. The van der Waals surface area contributed by atoms with Crippen molar-refractivity contribution in [2.24, 2.45) is 0 Å². The lowest BCUT2D eigenvalue weighted by atomic mass is 10.1. The van der Waals surface area contributed by atoms with Gasteiger partial charge in [0.1, 0.15) is 5.75 Å². The summed E-state index contributed by atoms with van der Waals surface area (Å²) in [5.74, 6) is 0.269. The Bertz CT molecular complexity index is 629. The number of hydrogen-bond acceptors (Lipinski definition) is 2. The minimum absolute atomic E-state index is 0.155. The van der Waals surface area contributed by atoms with Gasteiger partial charge in [-0.1, -0.05) is 35.9 Å². The lowest BCUT2D eigenvalue weighted by molar-refractivity contribution is 0.241. The molecule has 0 aliphatic heterocycles. The highest BCUT2D eigenvalue weighted by Gasteiger charge is 2.00. The second-order valence-corrected chi connectivity index (χ2v) is 5.77. The molecule has 0 radical (unpaired) electrons. The van der Waals surface area contributed by atoms with Crippen molar-refractivity contribution in [3.63, 3.8) is 0 Å². The van der Waals surface area contributed by atoms with Crippen molar-refractivity contribution in [2.45, 2.75) is 19.3 Å². The molecule has 2 aromatic rings. The lowest BCUT2D eigenvalue weighted by Crippen LogP contribution is -2.37. The predicted molar refractivity (Wildman–Crippen MR) is 93.0 cm³/mol. The zero-order valence-corrected chi connectivity index (χ0v) is 13.6. The third-order valence-corrected chi connectivity index (χ3v) is 3.69. The molecule has 0 bridgehead atoms. The summed E-state index contributed by atoms with van der Waals surface area (Å²) in [5.41, 5.74) is 2.25. The molecule has 2 amide bonds. The summed E-state index contributed by atoms with van der Waals surface area (Å²) >= 11 is 5.92. The molecule has 0 fully saturated rings. The molecule has 0 spiro atoms. The molecule has 0 aliphatic carbocycles. The van der Waals surface area contributed by atoms with Crippen molar-refractivity contribution in [3.05, 3.63) is 64.7 Å². The molecule has 0 saturated carbocycles. The van der Waals surface area contributed by atoms with Crippen LogP contribution in [0, 0.1) is 0 Å². The quantitative estimate of drug-likeness (QED) is 0.679. The van der Waals surface area contributed by atoms with Crippen LogP contribution in [0.4, 0.5) is 4.79 Å². The van der Waals surface area contributed by atoms with E-state index in [1.54, 1.807) is 12.1 Å². The van der Waals surface area contributed by atoms with Crippen LogP contribution in [0.5, 0.6) is 5.75 Å². The summed E-state index contributed by atoms with van der Waals surface area (Å²) in [6.07, 6.45) is 2.47. The zero-order valence-electron chi connectivity index (χ0n) is 12.9. The molecule has 122 valence electrons. The van der Waals surface area contributed by atoms with Crippen LogP contribution in [0.3, 0.4) is 0 Å². The first-order chi connectivity index (χ1) is 11.1. The van der Waals surface area contributed by atoms with E-state index in [-0.39, 0.29) is 11.8 Å². The third-order valence-electron chi connectivity index (χ3n) is 3.45. The van der Waals surface area contributed by atoms with Gasteiger partial charge in [0.2, 0.25) is 0 Å². The van der Waals surface area contributed by atoms with Crippen LogP contribution in [-0.2, 0) is 12.8 Å². The molecule has 0 atom stereocenters. The highest BCUT2D eigenvalue weighted by Crippen LogP contribution is 2.11. The average molecular weight is 333 g/mol. The number of aryl methyl sites for hydroxylation is 1. The Labute approximate surface area is 141 Å². The Morgan fingerprint density at radius 3 is 2.43 bits per heavy atom. The molecule has 2 aromatic carbocycles. The van der Waals surface area contributed by atoms with Gasteiger partial charge in [-0.05, 0) is 54.7 Å². The molecule has 3 N–H and O–H groups in total. The fourth-order valence-electron chi connectivity index (χ4n) is 2.23. The largest absolute Gasteiger partial charge is 0.508 e. The second kappa shape index (κ2) is 9.06. The predicted octanol–water partition coefficient (Wildman–Crippen LogP) is 3.52. The van der Waals surface area contributed by atoms with Crippen LogP contribution < -0.4 is 10.6 Å². The van der Waals surface area contributed by atoms with Crippen molar-refractivity contribution >= 4 is 17.6 Å². The van der Waals surface area contributed by atoms with Gasteiger partial charge in [-0.3, -0.25) is 0 Å². The van der Waals surface area contributed by atoms with E-state index in [4.69, 9.17) is 11.6 Å². The number of urea groups is 1. The third kappa shape index (κ3) is 6.61. The van der Waals surface area contributed by atoms with E-state index in [0.29, 0.717) is 18.1 Å². The van der Waals surface area contributed by atoms with Gasteiger partial charge in [-0.15, -0.1) is 0 Å². The van der Waals surface area contributed by atoms with Crippen LogP contribution in [-0.4, -0.2) is 24.2 Å². The van der Waals surface area contributed by atoms with Crippen LogP contribution in [0.25, 0.3) is 0 Å². The number of hydrogen-bond donors (Lipinski definition) is 3. The van der Waals surface area contributed by atoms with Crippen molar-refractivity contribution in [1.29, 1.82) is 0 Å². The Hall–Kier alpha value is -2.20. The number of carbonyl (C=O) groups is 1. The minimum atomic E-state index is -0.155. The number of rotatable bonds is 7. The smallest absolute Gasteiger partial charge is 0.314 e. The van der Waals surface area contributed by atoms with E-state index in [1.807, 2.05) is 36.4 Å². The topological polar surface area (TPSA) is 61.4 Å². The molecule has 0 heterocycles. The Kier molecular flexibility index (Phi) is 6.76. The van der Waals surface area contributed by atoms with E-state index in [0.717, 1.165) is 30.4 Å². The number of benzene rings is 2. The molecule has 0 saturated heterocycles. The molecule has 2 rings (SSSR count). The molecule has 23 heavy (non-hydrogen) atoms. The molecule has 0 aromatic heterocycles. The number of amides is 2. The Balaban J connectivity index is 1.57. The zero-order chi connectivity index (χ0) is 16.5. The first-order valence-corrected chi connectivity index (χ1v) is 8.05.